The molecule has 0 saturated heterocycles. The fraction of sp³-hybridized carbons (Fsp3) is 0.0714. The lowest BCUT2D eigenvalue weighted by molar-refractivity contribution is -0.113. The van der Waals surface area contributed by atoms with Crippen LogP contribution in [-0.4, -0.2) is 21.6 Å². The number of aromatic nitrogens is 2. The smallest absolute Gasteiger partial charge is 0.236 e. The molecule has 1 aromatic carbocycles. The summed E-state index contributed by atoms with van der Waals surface area (Å²) in [6, 6.07) is 9.25. The Hall–Kier alpha value is -2.12. The van der Waals surface area contributed by atoms with Crippen LogP contribution in [0.2, 0.25) is 0 Å². The number of carbonyl (C=O) groups is 1. The molecule has 2 aromatic heterocycles. The van der Waals surface area contributed by atoms with Gasteiger partial charge in [0.05, 0.1) is 16.0 Å². The van der Waals surface area contributed by atoms with E-state index in [2.05, 4.69) is 15.3 Å². The Kier molecular flexibility index (Phi) is 4.03. The number of thioether (sulfide) groups is 1. The lowest BCUT2D eigenvalue weighted by atomic mass is 10.3. The van der Waals surface area contributed by atoms with Gasteiger partial charge in [-0.05, 0) is 30.3 Å². The summed E-state index contributed by atoms with van der Waals surface area (Å²) in [5.74, 6) is 0.256. The first-order valence-corrected chi connectivity index (χ1v) is 8.00. The van der Waals surface area contributed by atoms with Gasteiger partial charge in [-0.1, -0.05) is 11.3 Å². The molecule has 0 spiro atoms. The highest BCUT2D eigenvalue weighted by atomic mass is 32.2. The fourth-order valence-corrected chi connectivity index (χ4v) is 3.35. The van der Waals surface area contributed by atoms with Gasteiger partial charge in [-0.2, -0.15) is 0 Å². The van der Waals surface area contributed by atoms with Crippen molar-refractivity contribution in [2.24, 2.45) is 0 Å². The Bertz CT molecular complexity index is 773. The molecular weight excluding hydrogens is 304 g/mol. The maximum absolute atomic E-state index is 11.9. The SMILES string of the molecule is Nc1ccc2nc(NC(=O)CSc3ccncc3)sc2c1. The number of nitrogens with one attached hydrogen (secondary N) is 1. The molecule has 7 heteroatoms. The third kappa shape index (κ3) is 3.50. The number of amides is 1. The van der Waals surface area contributed by atoms with E-state index in [4.69, 9.17) is 5.73 Å². The molecule has 0 saturated carbocycles. The minimum Gasteiger partial charge on any atom is -0.399 e. The highest BCUT2D eigenvalue weighted by Crippen LogP contribution is 2.27. The molecule has 0 atom stereocenters. The molecule has 0 aliphatic rings. The van der Waals surface area contributed by atoms with E-state index in [-0.39, 0.29) is 5.91 Å². The molecule has 0 aliphatic carbocycles. The van der Waals surface area contributed by atoms with Gasteiger partial charge in [0.25, 0.3) is 0 Å². The van der Waals surface area contributed by atoms with Crippen molar-refractivity contribution in [3.05, 3.63) is 42.7 Å². The third-order valence-corrected chi connectivity index (χ3v) is 4.62. The van der Waals surface area contributed by atoms with Crippen LogP contribution in [0.15, 0.2) is 47.6 Å². The largest absolute Gasteiger partial charge is 0.399 e. The third-order valence-electron chi connectivity index (χ3n) is 2.68. The van der Waals surface area contributed by atoms with Crippen LogP contribution < -0.4 is 11.1 Å². The van der Waals surface area contributed by atoms with Gasteiger partial charge in [-0.15, -0.1) is 11.8 Å². The number of carbonyl (C=O) groups excluding carboxylic acids is 1. The summed E-state index contributed by atoms with van der Waals surface area (Å²) >= 11 is 2.88. The summed E-state index contributed by atoms with van der Waals surface area (Å²) in [6.07, 6.45) is 3.41. The molecular formula is C14H12N4OS2. The van der Waals surface area contributed by atoms with Crippen molar-refractivity contribution in [2.45, 2.75) is 4.90 Å². The average molecular weight is 316 g/mol. The minimum atomic E-state index is -0.0798. The van der Waals surface area contributed by atoms with Gasteiger partial charge in [0, 0.05) is 23.0 Å². The Labute approximate surface area is 129 Å². The fourth-order valence-electron chi connectivity index (χ4n) is 1.73. The number of pyridine rings is 1. The van der Waals surface area contributed by atoms with Crippen LogP contribution in [0, 0.1) is 0 Å². The Morgan fingerprint density at radius 1 is 1.29 bits per heavy atom. The van der Waals surface area contributed by atoms with Crippen LogP contribution in [0.3, 0.4) is 0 Å². The first kappa shape index (κ1) is 13.8. The zero-order valence-corrected chi connectivity index (χ0v) is 12.6. The number of rotatable bonds is 4. The van der Waals surface area contributed by atoms with E-state index >= 15 is 0 Å². The Balaban J connectivity index is 1.63. The Morgan fingerprint density at radius 2 is 2.10 bits per heavy atom. The lowest BCUT2D eigenvalue weighted by Crippen LogP contribution is -2.13. The van der Waals surface area contributed by atoms with Crippen molar-refractivity contribution in [1.29, 1.82) is 0 Å². The summed E-state index contributed by atoms with van der Waals surface area (Å²) in [4.78, 5) is 21.2. The van der Waals surface area contributed by atoms with Crippen LogP contribution >= 0.6 is 23.1 Å². The van der Waals surface area contributed by atoms with E-state index in [0.717, 1.165) is 15.1 Å². The van der Waals surface area contributed by atoms with Gasteiger partial charge in [-0.3, -0.25) is 9.78 Å². The molecule has 1 amide bonds. The van der Waals surface area contributed by atoms with Crippen LogP contribution in [0.1, 0.15) is 0 Å². The number of nitrogen functional groups attached to an aromatic ring is 1. The van der Waals surface area contributed by atoms with E-state index in [9.17, 15) is 4.79 Å². The van der Waals surface area contributed by atoms with Gasteiger partial charge in [0.1, 0.15) is 0 Å². The van der Waals surface area contributed by atoms with E-state index in [0.29, 0.717) is 16.6 Å². The van der Waals surface area contributed by atoms with Crippen molar-refractivity contribution < 1.29 is 4.79 Å². The second-order valence-electron chi connectivity index (χ2n) is 4.27. The maximum Gasteiger partial charge on any atom is 0.236 e. The zero-order valence-electron chi connectivity index (χ0n) is 10.9. The monoisotopic (exact) mass is 316 g/mol. The highest BCUT2D eigenvalue weighted by molar-refractivity contribution is 8.00. The van der Waals surface area contributed by atoms with Crippen LogP contribution in [0.5, 0.6) is 0 Å². The lowest BCUT2D eigenvalue weighted by Gasteiger charge is -2.01. The molecule has 2 heterocycles. The molecule has 0 aliphatic heterocycles. The molecule has 5 nitrogen and oxygen atoms in total. The normalized spacial score (nSPS) is 10.7. The zero-order chi connectivity index (χ0) is 14.7. The standard InChI is InChI=1S/C14H12N4OS2/c15-9-1-2-11-12(7-9)21-14(17-11)18-13(19)8-20-10-3-5-16-6-4-10/h1-7H,8,15H2,(H,17,18,19). The number of nitrogens with two attached hydrogens (primary N) is 1. The van der Waals surface area contributed by atoms with Gasteiger partial charge >= 0.3 is 0 Å². The predicted octanol–water partition coefficient (Wildman–Crippen LogP) is 3.00. The summed E-state index contributed by atoms with van der Waals surface area (Å²) in [5, 5.41) is 3.41. The summed E-state index contributed by atoms with van der Waals surface area (Å²) in [6.45, 7) is 0. The van der Waals surface area contributed by atoms with Crippen molar-refractivity contribution in [2.75, 3.05) is 16.8 Å². The van der Waals surface area contributed by atoms with Gasteiger partial charge in [0.2, 0.25) is 5.91 Å². The second-order valence-corrected chi connectivity index (χ2v) is 6.35. The molecule has 0 radical (unpaired) electrons. The molecule has 21 heavy (non-hydrogen) atoms. The van der Waals surface area contributed by atoms with Crippen LogP contribution in [0.25, 0.3) is 10.2 Å². The average Bonchev–Trinajstić information content (AvgIpc) is 2.87. The number of anilines is 2. The molecule has 3 rings (SSSR count). The molecule has 0 bridgehead atoms. The molecule has 3 N–H and O–H groups in total. The molecule has 0 unspecified atom stereocenters. The van der Waals surface area contributed by atoms with Crippen molar-refractivity contribution >= 4 is 50.0 Å². The highest BCUT2D eigenvalue weighted by Gasteiger charge is 2.08. The minimum absolute atomic E-state index is 0.0798. The van der Waals surface area contributed by atoms with Gasteiger partial charge < -0.3 is 11.1 Å². The van der Waals surface area contributed by atoms with E-state index in [1.807, 2.05) is 24.3 Å². The number of fused-ring (bicyclic) bond motifs is 1. The first-order chi connectivity index (χ1) is 10.2. The molecule has 106 valence electrons. The summed E-state index contributed by atoms with van der Waals surface area (Å²) < 4.78 is 0.965. The second kappa shape index (κ2) is 6.11. The number of hydrogen-bond acceptors (Lipinski definition) is 6. The van der Waals surface area contributed by atoms with Crippen LogP contribution in [0.4, 0.5) is 10.8 Å². The quantitative estimate of drug-likeness (QED) is 0.571. The van der Waals surface area contributed by atoms with E-state index in [1.165, 1.54) is 23.1 Å². The Morgan fingerprint density at radius 3 is 2.90 bits per heavy atom. The summed E-state index contributed by atoms with van der Waals surface area (Å²) in [5.41, 5.74) is 7.26. The topological polar surface area (TPSA) is 80.9 Å². The predicted molar refractivity (Wildman–Crippen MR) is 87.6 cm³/mol. The van der Waals surface area contributed by atoms with Gasteiger partial charge in [0.15, 0.2) is 5.13 Å². The van der Waals surface area contributed by atoms with E-state index < -0.39 is 0 Å². The number of benzene rings is 1. The molecule has 3 aromatic rings. The molecule has 0 fully saturated rings. The van der Waals surface area contributed by atoms with E-state index in [1.54, 1.807) is 18.5 Å². The van der Waals surface area contributed by atoms with Crippen molar-refractivity contribution in [1.82, 2.24) is 9.97 Å². The number of hydrogen-bond donors (Lipinski definition) is 2. The first-order valence-electron chi connectivity index (χ1n) is 6.19. The van der Waals surface area contributed by atoms with Gasteiger partial charge in [-0.25, -0.2) is 4.98 Å². The maximum atomic E-state index is 11.9. The summed E-state index contributed by atoms with van der Waals surface area (Å²) in [7, 11) is 0. The van der Waals surface area contributed by atoms with Crippen LogP contribution in [-0.2, 0) is 4.79 Å². The van der Waals surface area contributed by atoms with Crippen molar-refractivity contribution in [3.8, 4) is 0 Å². The number of nitrogens with zero attached hydrogens (tertiary/aromatic N) is 2. The van der Waals surface area contributed by atoms with Crippen molar-refractivity contribution in [3.63, 3.8) is 0 Å². The number of thiazole rings is 1.